The summed E-state index contributed by atoms with van der Waals surface area (Å²) in [4.78, 5) is 25.2. The second-order valence-electron chi connectivity index (χ2n) is 6.43. The molecule has 0 aliphatic heterocycles. The third-order valence-electron chi connectivity index (χ3n) is 4.34. The summed E-state index contributed by atoms with van der Waals surface area (Å²) < 4.78 is 5.34. The van der Waals surface area contributed by atoms with Crippen LogP contribution in [0.1, 0.15) is 39.7 Å². The molecule has 0 radical (unpaired) electrons. The van der Waals surface area contributed by atoms with Gasteiger partial charge in [-0.05, 0) is 12.0 Å². The summed E-state index contributed by atoms with van der Waals surface area (Å²) in [6.07, 6.45) is 0.719. The smallest absolute Gasteiger partial charge is 0.242 e. The molecule has 0 fully saturated rings. The number of amides is 2. The van der Waals surface area contributed by atoms with E-state index in [0.29, 0.717) is 13.0 Å². The predicted octanol–water partition coefficient (Wildman–Crippen LogP) is 1.20. The van der Waals surface area contributed by atoms with Gasteiger partial charge in [0.1, 0.15) is 6.04 Å². The highest BCUT2D eigenvalue weighted by atomic mass is 16.5. The number of ether oxygens (including phenoxy) is 1. The molecule has 160 valence electrons. The second kappa shape index (κ2) is 15.0. The molecular weight excluding hydrogens is 356 g/mol. The van der Waals surface area contributed by atoms with Crippen LogP contribution in [-0.2, 0) is 20.7 Å². The normalized spacial score (nSPS) is 14.7. The summed E-state index contributed by atoms with van der Waals surface area (Å²) in [5.74, 6) is -1.02. The molecule has 1 aromatic rings. The summed E-state index contributed by atoms with van der Waals surface area (Å²) in [6, 6.07) is 8.46. The van der Waals surface area contributed by atoms with E-state index in [1.165, 1.54) is 7.11 Å². The number of carbonyl (C=O) groups is 2. The summed E-state index contributed by atoms with van der Waals surface area (Å²) >= 11 is 0. The van der Waals surface area contributed by atoms with Gasteiger partial charge in [0, 0.05) is 32.7 Å². The minimum Gasteiger partial charge on any atom is -0.379 e. The molecule has 0 spiro atoms. The summed E-state index contributed by atoms with van der Waals surface area (Å²) in [5.41, 5.74) is 12.5. The first kappa shape index (κ1) is 26.0. The number of benzene rings is 1. The van der Waals surface area contributed by atoms with Crippen LogP contribution in [0.3, 0.4) is 0 Å². The van der Waals surface area contributed by atoms with Crippen molar-refractivity contribution in [2.75, 3.05) is 20.2 Å². The van der Waals surface area contributed by atoms with Gasteiger partial charge in [-0.15, -0.1) is 0 Å². The Bertz CT molecular complexity index is 554. The average molecular weight is 395 g/mol. The van der Waals surface area contributed by atoms with Gasteiger partial charge in [0.05, 0.1) is 12.0 Å². The molecule has 0 aliphatic rings. The summed E-state index contributed by atoms with van der Waals surface area (Å²) in [6.45, 7) is 8.47. The number of hydrogen-bond donors (Lipinski definition) is 4. The standard InChI is InChI=1S/C19H32N4O3.C2H6/c1-4-10-22-19(25)16(11-14-8-6-5-7-9-14)23-18(24)13(2)17(26-3)15(21)12-20;1-2/h5-9,13,15-17H,4,10-12,20-21H2,1-3H3,(H,22,25)(H,23,24);1-2H3. The maximum absolute atomic E-state index is 12.7. The fourth-order valence-electron chi connectivity index (χ4n) is 2.77. The van der Waals surface area contributed by atoms with E-state index < -0.39 is 24.1 Å². The van der Waals surface area contributed by atoms with Crippen LogP contribution >= 0.6 is 0 Å². The van der Waals surface area contributed by atoms with Crippen LogP contribution in [0.15, 0.2) is 30.3 Å². The molecule has 0 aliphatic carbocycles. The number of rotatable bonds is 11. The van der Waals surface area contributed by atoms with E-state index in [2.05, 4.69) is 10.6 Å². The maximum Gasteiger partial charge on any atom is 0.242 e. The zero-order valence-electron chi connectivity index (χ0n) is 17.9. The number of nitrogens with one attached hydrogen (secondary N) is 2. The molecular formula is C21H38N4O3. The highest BCUT2D eigenvalue weighted by molar-refractivity contribution is 5.88. The molecule has 28 heavy (non-hydrogen) atoms. The van der Waals surface area contributed by atoms with Crippen molar-refractivity contribution in [3.63, 3.8) is 0 Å². The minimum absolute atomic E-state index is 0.201. The van der Waals surface area contributed by atoms with E-state index in [-0.39, 0.29) is 18.4 Å². The van der Waals surface area contributed by atoms with Crippen LogP contribution in [-0.4, -0.2) is 50.2 Å². The maximum atomic E-state index is 12.7. The van der Waals surface area contributed by atoms with Crippen molar-refractivity contribution in [1.82, 2.24) is 10.6 Å². The van der Waals surface area contributed by atoms with Crippen LogP contribution < -0.4 is 22.1 Å². The zero-order chi connectivity index (χ0) is 21.5. The van der Waals surface area contributed by atoms with E-state index >= 15 is 0 Å². The van der Waals surface area contributed by atoms with Gasteiger partial charge in [0.2, 0.25) is 11.8 Å². The van der Waals surface area contributed by atoms with Crippen molar-refractivity contribution in [3.05, 3.63) is 35.9 Å². The Morgan fingerprint density at radius 1 is 1.14 bits per heavy atom. The molecule has 6 N–H and O–H groups in total. The zero-order valence-corrected chi connectivity index (χ0v) is 17.9. The molecule has 0 bridgehead atoms. The SMILES string of the molecule is CC.CCCNC(=O)C(Cc1ccccc1)NC(=O)C(C)C(OC)C(N)CN. The van der Waals surface area contributed by atoms with E-state index in [1.54, 1.807) is 6.92 Å². The van der Waals surface area contributed by atoms with Crippen molar-refractivity contribution >= 4 is 11.8 Å². The Morgan fingerprint density at radius 2 is 1.75 bits per heavy atom. The van der Waals surface area contributed by atoms with Gasteiger partial charge in [0.25, 0.3) is 0 Å². The number of nitrogens with two attached hydrogens (primary N) is 2. The molecule has 0 heterocycles. The Labute approximate surface area is 169 Å². The topological polar surface area (TPSA) is 119 Å². The Morgan fingerprint density at radius 3 is 2.25 bits per heavy atom. The van der Waals surface area contributed by atoms with E-state index in [4.69, 9.17) is 16.2 Å². The van der Waals surface area contributed by atoms with Crippen molar-refractivity contribution < 1.29 is 14.3 Å². The highest BCUT2D eigenvalue weighted by Gasteiger charge is 2.31. The van der Waals surface area contributed by atoms with Crippen molar-refractivity contribution in [3.8, 4) is 0 Å². The van der Waals surface area contributed by atoms with Crippen LogP contribution in [0.5, 0.6) is 0 Å². The number of hydrogen-bond acceptors (Lipinski definition) is 5. The molecule has 2 amide bonds. The van der Waals surface area contributed by atoms with Gasteiger partial charge in [-0.25, -0.2) is 0 Å². The predicted molar refractivity (Wildman–Crippen MR) is 114 cm³/mol. The average Bonchev–Trinajstić information content (AvgIpc) is 2.73. The van der Waals surface area contributed by atoms with Gasteiger partial charge in [-0.1, -0.05) is 58.0 Å². The van der Waals surface area contributed by atoms with Gasteiger partial charge in [-0.3, -0.25) is 9.59 Å². The molecule has 7 heteroatoms. The van der Waals surface area contributed by atoms with E-state index in [9.17, 15) is 9.59 Å². The lowest BCUT2D eigenvalue weighted by Crippen LogP contribution is -2.54. The molecule has 0 saturated carbocycles. The van der Waals surface area contributed by atoms with Crippen LogP contribution in [0, 0.1) is 5.92 Å². The number of carbonyl (C=O) groups excluding carboxylic acids is 2. The molecule has 7 nitrogen and oxygen atoms in total. The molecule has 1 rings (SSSR count). The summed E-state index contributed by atoms with van der Waals surface area (Å²) in [7, 11) is 1.50. The Kier molecular flexibility index (Phi) is 14.0. The van der Waals surface area contributed by atoms with Crippen molar-refractivity contribution in [2.24, 2.45) is 17.4 Å². The van der Waals surface area contributed by atoms with Crippen LogP contribution in [0.4, 0.5) is 0 Å². The molecule has 4 atom stereocenters. The van der Waals surface area contributed by atoms with Gasteiger partial charge >= 0.3 is 0 Å². The first-order chi connectivity index (χ1) is 13.4. The Balaban J connectivity index is 0.00000352. The lowest BCUT2D eigenvalue weighted by Gasteiger charge is -2.28. The molecule has 0 aromatic heterocycles. The largest absolute Gasteiger partial charge is 0.379 e. The fraction of sp³-hybridized carbons (Fsp3) is 0.619. The first-order valence-electron chi connectivity index (χ1n) is 10.0. The van der Waals surface area contributed by atoms with E-state index in [1.807, 2.05) is 51.1 Å². The van der Waals surface area contributed by atoms with Gasteiger partial charge < -0.3 is 26.8 Å². The Hall–Kier alpha value is -1.96. The third-order valence-corrected chi connectivity index (χ3v) is 4.34. The highest BCUT2D eigenvalue weighted by Crippen LogP contribution is 2.11. The van der Waals surface area contributed by atoms with Gasteiger partial charge in [-0.2, -0.15) is 0 Å². The molecule has 4 unspecified atom stereocenters. The lowest BCUT2D eigenvalue weighted by molar-refractivity contribution is -0.134. The lowest BCUT2D eigenvalue weighted by atomic mass is 9.96. The van der Waals surface area contributed by atoms with Crippen molar-refractivity contribution in [1.29, 1.82) is 0 Å². The van der Waals surface area contributed by atoms with Crippen LogP contribution in [0.25, 0.3) is 0 Å². The monoisotopic (exact) mass is 394 g/mol. The molecule has 1 aromatic carbocycles. The fourth-order valence-corrected chi connectivity index (χ4v) is 2.77. The number of methoxy groups -OCH3 is 1. The van der Waals surface area contributed by atoms with Crippen LogP contribution in [0.2, 0.25) is 0 Å². The summed E-state index contributed by atoms with van der Waals surface area (Å²) in [5, 5.41) is 5.68. The van der Waals surface area contributed by atoms with Crippen molar-refractivity contribution in [2.45, 2.75) is 58.7 Å². The molecule has 0 saturated heterocycles. The second-order valence-corrected chi connectivity index (χ2v) is 6.43. The van der Waals surface area contributed by atoms with Gasteiger partial charge in [0.15, 0.2) is 0 Å². The third kappa shape index (κ3) is 8.82. The minimum atomic E-state index is -0.662. The van der Waals surface area contributed by atoms with E-state index in [0.717, 1.165) is 12.0 Å². The quantitative estimate of drug-likeness (QED) is 0.450. The first-order valence-corrected chi connectivity index (χ1v) is 10.0.